The fourth-order valence-corrected chi connectivity index (χ4v) is 2.93. The number of rotatable bonds is 5. The highest BCUT2D eigenvalue weighted by atomic mass is 16.5. The summed E-state index contributed by atoms with van der Waals surface area (Å²) in [4.78, 5) is 14.3. The first-order valence-electron chi connectivity index (χ1n) is 8.05. The smallest absolute Gasteiger partial charge is 0.259 e. The SMILES string of the molecule is COc1ccccc1/C=N/NC(=O)CN1CCCc2ccccc21. The Kier molecular flexibility index (Phi) is 5.11. The Morgan fingerprint density at radius 1 is 1.25 bits per heavy atom. The van der Waals surface area contributed by atoms with Crippen LogP contribution in [0.1, 0.15) is 17.5 Å². The van der Waals surface area contributed by atoms with E-state index in [-0.39, 0.29) is 5.91 Å². The van der Waals surface area contributed by atoms with E-state index in [1.165, 1.54) is 5.56 Å². The van der Waals surface area contributed by atoms with Crippen LogP contribution in [0.25, 0.3) is 0 Å². The first-order chi connectivity index (χ1) is 11.8. The van der Waals surface area contributed by atoms with E-state index in [2.05, 4.69) is 27.6 Å². The summed E-state index contributed by atoms with van der Waals surface area (Å²) in [6.07, 6.45) is 3.73. The summed E-state index contributed by atoms with van der Waals surface area (Å²) in [6, 6.07) is 15.8. The summed E-state index contributed by atoms with van der Waals surface area (Å²) < 4.78 is 5.25. The minimum Gasteiger partial charge on any atom is -0.496 e. The number of carbonyl (C=O) groups is 1. The molecule has 0 radical (unpaired) electrons. The number of aryl methyl sites for hydroxylation is 1. The second kappa shape index (κ2) is 7.64. The summed E-state index contributed by atoms with van der Waals surface area (Å²) in [5.74, 6) is 0.596. The van der Waals surface area contributed by atoms with Gasteiger partial charge < -0.3 is 9.64 Å². The average Bonchev–Trinajstić information content (AvgIpc) is 2.62. The molecule has 2 aromatic rings. The first-order valence-corrected chi connectivity index (χ1v) is 8.05. The van der Waals surface area contributed by atoms with Gasteiger partial charge in [0.2, 0.25) is 0 Å². The lowest BCUT2D eigenvalue weighted by Crippen LogP contribution is -2.38. The highest BCUT2D eigenvalue weighted by Crippen LogP contribution is 2.26. The van der Waals surface area contributed by atoms with Crippen molar-refractivity contribution in [2.24, 2.45) is 5.10 Å². The third-order valence-electron chi connectivity index (χ3n) is 4.07. The predicted octanol–water partition coefficient (Wildman–Crippen LogP) is 2.60. The molecular formula is C19H21N3O2. The van der Waals surface area contributed by atoms with Crippen molar-refractivity contribution in [1.82, 2.24) is 5.43 Å². The number of anilines is 1. The zero-order chi connectivity index (χ0) is 16.8. The molecule has 1 heterocycles. The number of hydrazone groups is 1. The lowest BCUT2D eigenvalue weighted by atomic mass is 10.0. The van der Waals surface area contributed by atoms with E-state index in [1.807, 2.05) is 36.4 Å². The molecule has 3 rings (SSSR count). The number of ether oxygens (including phenoxy) is 1. The first kappa shape index (κ1) is 16.1. The third-order valence-corrected chi connectivity index (χ3v) is 4.07. The fraction of sp³-hybridized carbons (Fsp3) is 0.263. The Morgan fingerprint density at radius 3 is 2.92 bits per heavy atom. The topological polar surface area (TPSA) is 53.9 Å². The van der Waals surface area contributed by atoms with E-state index >= 15 is 0 Å². The molecule has 0 unspecified atom stereocenters. The molecule has 1 aliphatic heterocycles. The molecule has 0 aromatic heterocycles. The van der Waals surface area contributed by atoms with Crippen molar-refractivity contribution in [2.45, 2.75) is 12.8 Å². The normalized spacial score (nSPS) is 13.6. The molecule has 0 bridgehead atoms. The summed E-state index contributed by atoms with van der Waals surface area (Å²) in [7, 11) is 1.61. The van der Waals surface area contributed by atoms with Crippen LogP contribution in [0.15, 0.2) is 53.6 Å². The van der Waals surface area contributed by atoms with Crippen LogP contribution in [0.3, 0.4) is 0 Å². The van der Waals surface area contributed by atoms with Crippen LogP contribution in [0.5, 0.6) is 5.75 Å². The largest absolute Gasteiger partial charge is 0.496 e. The van der Waals surface area contributed by atoms with Crippen molar-refractivity contribution in [3.8, 4) is 5.75 Å². The van der Waals surface area contributed by atoms with Gasteiger partial charge in [0.15, 0.2) is 0 Å². The van der Waals surface area contributed by atoms with E-state index < -0.39 is 0 Å². The molecule has 0 saturated heterocycles. The molecule has 5 heteroatoms. The number of hydrogen-bond acceptors (Lipinski definition) is 4. The van der Waals surface area contributed by atoms with Crippen molar-refractivity contribution in [3.05, 3.63) is 59.7 Å². The molecule has 2 aromatic carbocycles. The maximum atomic E-state index is 12.2. The van der Waals surface area contributed by atoms with Gasteiger partial charge in [0.1, 0.15) is 5.75 Å². The van der Waals surface area contributed by atoms with Gasteiger partial charge in [-0.3, -0.25) is 4.79 Å². The number of fused-ring (bicyclic) bond motifs is 1. The molecule has 0 saturated carbocycles. The van der Waals surface area contributed by atoms with Crippen LogP contribution in [-0.2, 0) is 11.2 Å². The quantitative estimate of drug-likeness (QED) is 0.680. The molecule has 1 amide bonds. The molecule has 5 nitrogen and oxygen atoms in total. The lowest BCUT2D eigenvalue weighted by molar-refractivity contribution is -0.119. The zero-order valence-electron chi connectivity index (χ0n) is 13.7. The van der Waals surface area contributed by atoms with Gasteiger partial charge in [-0.25, -0.2) is 5.43 Å². The monoisotopic (exact) mass is 323 g/mol. The Labute approximate surface area is 141 Å². The summed E-state index contributed by atoms with van der Waals surface area (Å²) in [6.45, 7) is 1.20. The van der Waals surface area contributed by atoms with Crippen molar-refractivity contribution in [1.29, 1.82) is 0 Å². The standard InChI is InChI=1S/C19H21N3O2/c1-24-18-11-5-3-8-16(18)13-20-21-19(23)14-22-12-6-9-15-7-2-4-10-17(15)22/h2-5,7-8,10-11,13H,6,9,12,14H2,1H3,(H,21,23)/b20-13+. The Morgan fingerprint density at radius 2 is 2.04 bits per heavy atom. The van der Waals surface area contributed by atoms with Gasteiger partial charge >= 0.3 is 0 Å². The lowest BCUT2D eigenvalue weighted by Gasteiger charge is -2.30. The van der Waals surface area contributed by atoms with Crippen molar-refractivity contribution >= 4 is 17.8 Å². The third kappa shape index (κ3) is 3.74. The number of benzene rings is 2. The molecule has 0 fully saturated rings. The van der Waals surface area contributed by atoms with Gasteiger partial charge in [-0.2, -0.15) is 5.10 Å². The van der Waals surface area contributed by atoms with Gasteiger partial charge in [-0.1, -0.05) is 30.3 Å². The van der Waals surface area contributed by atoms with Crippen LogP contribution >= 0.6 is 0 Å². The van der Waals surface area contributed by atoms with Crippen LogP contribution in [-0.4, -0.2) is 32.3 Å². The molecule has 124 valence electrons. The molecule has 24 heavy (non-hydrogen) atoms. The zero-order valence-corrected chi connectivity index (χ0v) is 13.7. The Bertz CT molecular complexity index is 743. The van der Waals surface area contributed by atoms with Gasteiger partial charge in [-0.05, 0) is 36.6 Å². The summed E-state index contributed by atoms with van der Waals surface area (Å²) >= 11 is 0. The minimum absolute atomic E-state index is 0.127. The van der Waals surface area contributed by atoms with E-state index in [0.29, 0.717) is 6.54 Å². The Hall–Kier alpha value is -2.82. The molecule has 0 spiro atoms. The molecular weight excluding hydrogens is 302 g/mol. The van der Waals surface area contributed by atoms with Gasteiger partial charge in [0.25, 0.3) is 5.91 Å². The number of nitrogens with one attached hydrogen (secondary N) is 1. The molecule has 1 aliphatic rings. The van der Waals surface area contributed by atoms with E-state index in [4.69, 9.17) is 4.74 Å². The van der Waals surface area contributed by atoms with Crippen molar-refractivity contribution in [2.75, 3.05) is 25.1 Å². The highest BCUT2D eigenvalue weighted by molar-refractivity contribution is 5.86. The summed E-state index contributed by atoms with van der Waals surface area (Å²) in [5.41, 5.74) is 5.86. The Balaban J connectivity index is 1.60. The average molecular weight is 323 g/mol. The number of hydrogen-bond donors (Lipinski definition) is 1. The maximum absolute atomic E-state index is 12.2. The number of para-hydroxylation sites is 2. The van der Waals surface area contributed by atoms with E-state index in [1.54, 1.807) is 13.3 Å². The van der Waals surface area contributed by atoms with E-state index in [0.717, 1.165) is 36.4 Å². The number of nitrogens with zero attached hydrogens (tertiary/aromatic N) is 2. The number of methoxy groups -OCH3 is 1. The van der Waals surface area contributed by atoms with Crippen LogP contribution in [0.2, 0.25) is 0 Å². The predicted molar refractivity (Wildman–Crippen MR) is 95.7 cm³/mol. The van der Waals surface area contributed by atoms with Crippen molar-refractivity contribution in [3.63, 3.8) is 0 Å². The van der Waals surface area contributed by atoms with Crippen LogP contribution in [0, 0.1) is 0 Å². The second-order valence-electron chi connectivity index (χ2n) is 5.69. The van der Waals surface area contributed by atoms with Crippen molar-refractivity contribution < 1.29 is 9.53 Å². The highest BCUT2D eigenvalue weighted by Gasteiger charge is 2.18. The number of carbonyl (C=O) groups excluding carboxylic acids is 1. The molecule has 0 aliphatic carbocycles. The summed E-state index contributed by atoms with van der Waals surface area (Å²) in [5, 5.41) is 4.04. The molecule has 0 atom stereocenters. The second-order valence-corrected chi connectivity index (χ2v) is 5.69. The fourth-order valence-electron chi connectivity index (χ4n) is 2.93. The van der Waals surface area contributed by atoms with Crippen LogP contribution in [0.4, 0.5) is 5.69 Å². The van der Waals surface area contributed by atoms with Crippen LogP contribution < -0.4 is 15.1 Å². The van der Waals surface area contributed by atoms with Gasteiger partial charge in [0, 0.05) is 17.8 Å². The minimum atomic E-state index is -0.127. The number of amides is 1. The van der Waals surface area contributed by atoms with E-state index in [9.17, 15) is 4.79 Å². The molecule has 1 N–H and O–H groups in total. The van der Waals surface area contributed by atoms with Gasteiger partial charge in [0.05, 0.1) is 19.9 Å². The van der Waals surface area contributed by atoms with Gasteiger partial charge in [-0.15, -0.1) is 0 Å². The maximum Gasteiger partial charge on any atom is 0.259 e.